The van der Waals surface area contributed by atoms with E-state index in [-0.39, 0.29) is 10.9 Å². The van der Waals surface area contributed by atoms with Gasteiger partial charge < -0.3 is 5.32 Å². The largest absolute Gasteiger partial charge is 0.309 e. The van der Waals surface area contributed by atoms with Crippen LogP contribution in [0.5, 0.6) is 0 Å². The first-order valence-electron chi connectivity index (χ1n) is 7.46. The Morgan fingerprint density at radius 3 is 2.33 bits per heavy atom. The number of aromatic nitrogens is 2. The van der Waals surface area contributed by atoms with Crippen LogP contribution in [-0.2, 0) is 16.6 Å². The van der Waals surface area contributed by atoms with Gasteiger partial charge in [0.2, 0.25) is 10.0 Å². The fourth-order valence-electron chi connectivity index (χ4n) is 2.02. The van der Waals surface area contributed by atoms with Crippen LogP contribution in [0.25, 0.3) is 0 Å². The lowest BCUT2D eigenvalue weighted by Crippen LogP contribution is -2.45. The van der Waals surface area contributed by atoms with E-state index in [9.17, 15) is 8.42 Å². The molecule has 0 atom stereocenters. The number of nitrogens with zero attached hydrogens (tertiary/aromatic N) is 1. The molecule has 1 aromatic rings. The van der Waals surface area contributed by atoms with Crippen LogP contribution < -0.4 is 10.0 Å². The second-order valence-electron chi connectivity index (χ2n) is 6.03. The van der Waals surface area contributed by atoms with Crippen LogP contribution in [0.2, 0.25) is 0 Å². The summed E-state index contributed by atoms with van der Waals surface area (Å²) in [6.45, 7) is 12.1. The number of H-pyrrole nitrogens is 1. The highest BCUT2D eigenvalue weighted by Crippen LogP contribution is 2.22. The highest BCUT2D eigenvalue weighted by molar-refractivity contribution is 7.89. The summed E-state index contributed by atoms with van der Waals surface area (Å²) in [5, 5.41) is 10.1. The first kappa shape index (κ1) is 18.1. The van der Waals surface area contributed by atoms with Gasteiger partial charge in [0.1, 0.15) is 4.90 Å². The lowest BCUT2D eigenvalue weighted by atomic mass is 9.98. The van der Waals surface area contributed by atoms with E-state index in [4.69, 9.17) is 0 Å². The third-order valence-corrected chi connectivity index (χ3v) is 5.69. The van der Waals surface area contributed by atoms with E-state index in [1.807, 2.05) is 34.6 Å². The lowest BCUT2D eigenvalue weighted by molar-refractivity contribution is 0.388. The fraction of sp³-hybridized carbons (Fsp3) is 0.786. The van der Waals surface area contributed by atoms with E-state index >= 15 is 0 Å². The first-order valence-corrected chi connectivity index (χ1v) is 8.94. The second-order valence-corrected chi connectivity index (χ2v) is 7.65. The van der Waals surface area contributed by atoms with Crippen molar-refractivity contribution in [3.05, 3.63) is 11.4 Å². The van der Waals surface area contributed by atoms with Gasteiger partial charge in [-0.2, -0.15) is 5.10 Å². The number of rotatable bonds is 8. The summed E-state index contributed by atoms with van der Waals surface area (Å²) >= 11 is 0. The molecule has 0 amide bonds. The Hall–Kier alpha value is -0.920. The monoisotopic (exact) mass is 316 g/mol. The molecule has 3 N–H and O–H groups in total. The minimum Gasteiger partial charge on any atom is -0.309 e. The Morgan fingerprint density at radius 2 is 1.86 bits per heavy atom. The molecule has 0 aromatic carbocycles. The molecule has 1 aromatic heterocycles. The van der Waals surface area contributed by atoms with Crippen molar-refractivity contribution in [1.82, 2.24) is 20.2 Å². The molecule has 0 fully saturated rings. The van der Waals surface area contributed by atoms with Gasteiger partial charge in [-0.05, 0) is 26.7 Å². The zero-order valence-corrected chi connectivity index (χ0v) is 14.7. The zero-order chi connectivity index (χ0) is 16.3. The number of hydrogen-bond donors (Lipinski definition) is 3. The summed E-state index contributed by atoms with van der Waals surface area (Å²) in [6, 6.07) is 0.266. The van der Waals surface area contributed by atoms with Crippen LogP contribution in [0.15, 0.2) is 4.90 Å². The summed E-state index contributed by atoms with van der Waals surface area (Å²) in [5.41, 5.74) is 0.659. The Balaban J connectivity index is 3.11. The molecule has 0 saturated carbocycles. The summed E-state index contributed by atoms with van der Waals surface area (Å²) in [5.74, 6) is 0. The minimum absolute atomic E-state index is 0.266. The third-order valence-electron chi connectivity index (χ3n) is 3.85. The molecule has 0 saturated heterocycles. The maximum atomic E-state index is 12.7. The lowest BCUT2D eigenvalue weighted by Gasteiger charge is -2.27. The van der Waals surface area contributed by atoms with Gasteiger partial charge in [0.15, 0.2) is 0 Å². The maximum Gasteiger partial charge on any atom is 0.244 e. The van der Waals surface area contributed by atoms with Gasteiger partial charge >= 0.3 is 0 Å². The molecule has 7 heteroatoms. The highest BCUT2D eigenvalue weighted by Gasteiger charge is 2.31. The standard InChI is InChI=1S/C14H28N4O2S/c1-7-14(6,8-2)18-21(19,20)13-11(5)16-17-12(13)9-15-10(3)4/h10,15,18H,7-9H2,1-6H3,(H,16,17). The molecule has 0 aliphatic heterocycles. The topological polar surface area (TPSA) is 86.9 Å². The zero-order valence-electron chi connectivity index (χ0n) is 13.9. The van der Waals surface area contributed by atoms with Crippen molar-refractivity contribution in [2.24, 2.45) is 0 Å². The van der Waals surface area contributed by atoms with E-state index < -0.39 is 15.6 Å². The van der Waals surface area contributed by atoms with Gasteiger partial charge in [-0.25, -0.2) is 13.1 Å². The Kier molecular flexibility index (Phi) is 5.95. The van der Waals surface area contributed by atoms with Gasteiger partial charge in [-0.15, -0.1) is 0 Å². The molecule has 1 rings (SSSR count). The summed E-state index contributed by atoms with van der Waals surface area (Å²) in [6.07, 6.45) is 1.47. The Morgan fingerprint density at radius 1 is 1.29 bits per heavy atom. The van der Waals surface area contributed by atoms with Gasteiger partial charge in [0, 0.05) is 18.1 Å². The van der Waals surface area contributed by atoms with Gasteiger partial charge in [0.25, 0.3) is 0 Å². The SMILES string of the molecule is CCC(C)(CC)NS(=O)(=O)c1c(CNC(C)C)n[nH]c1C. The van der Waals surface area contributed by atoms with E-state index in [1.54, 1.807) is 6.92 Å². The molecule has 21 heavy (non-hydrogen) atoms. The molecule has 122 valence electrons. The van der Waals surface area contributed by atoms with Crippen LogP contribution in [0.1, 0.15) is 58.8 Å². The number of sulfonamides is 1. The molecular weight excluding hydrogens is 288 g/mol. The van der Waals surface area contributed by atoms with Crippen molar-refractivity contribution in [3.8, 4) is 0 Å². The van der Waals surface area contributed by atoms with Crippen molar-refractivity contribution < 1.29 is 8.42 Å². The molecule has 1 heterocycles. The molecular formula is C14H28N4O2S. The molecule has 6 nitrogen and oxygen atoms in total. The van der Waals surface area contributed by atoms with Crippen LogP contribution >= 0.6 is 0 Å². The Labute approximate surface area is 128 Å². The van der Waals surface area contributed by atoms with Crippen molar-refractivity contribution >= 4 is 10.0 Å². The van der Waals surface area contributed by atoms with E-state index in [0.29, 0.717) is 17.9 Å². The molecule has 0 aliphatic carbocycles. The fourth-order valence-corrected chi connectivity index (χ4v) is 3.93. The number of aromatic amines is 1. The molecule has 0 radical (unpaired) electrons. The predicted molar refractivity (Wildman–Crippen MR) is 84.6 cm³/mol. The van der Waals surface area contributed by atoms with Crippen molar-refractivity contribution in [3.63, 3.8) is 0 Å². The van der Waals surface area contributed by atoms with E-state index in [0.717, 1.165) is 12.8 Å². The minimum atomic E-state index is -3.59. The van der Waals surface area contributed by atoms with Gasteiger partial charge in [-0.1, -0.05) is 27.7 Å². The van der Waals surface area contributed by atoms with Crippen LogP contribution in [0.4, 0.5) is 0 Å². The number of aryl methyl sites for hydroxylation is 1. The predicted octanol–water partition coefficient (Wildman–Crippen LogP) is 2.07. The number of hydrogen-bond acceptors (Lipinski definition) is 4. The highest BCUT2D eigenvalue weighted by atomic mass is 32.2. The summed E-state index contributed by atoms with van der Waals surface area (Å²) in [4.78, 5) is 0.267. The van der Waals surface area contributed by atoms with Crippen molar-refractivity contribution in [2.75, 3.05) is 0 Å². The smallest absolute Gasteiger partial charge is 0.244 e. The van der Waals surface area contributed by atoms with Crippen LogP contribution in [0.3, 0.4) is 0 Å². The quantitative estimate of drug-likeness (QED) is 0.685. The van der Waals surface area contributed by atoms with Crippen LogP contribution in [0, 0.1) is 6.92 Å². The van der Waals surface area contributed by atoms with Crippen molar-refractivity contribution in [1.29, 1.82) is 0 Å². The second kappa shape index (κ2) is 6.89. The van der Waals surface area contributed by atoms with E-state index in [2.05, 4.69) is 20.2 Å². The normalized spacial score (nSPS) is 13.1. The Bertz CT molecular complexity index is 560. The average molecular weight is 316 g/mol. The summed E-state index contributed by atoms with van der Waals surface area (Å²) in [7, 11) is -3.59. The molecule has 0 aliphatic rings. The maximum absolute atomic E-state index is 12.7. The summed E-state index contributed by atoms with van der Waals surface area (Å²) < 4.78 is 28.3. The van der Waals surface area contributed by atoms with E-state index in [1.165, 1.54) is 0 Å². The molecule has 0 unspecified atom stereocenters. The molecule has 0 spiro atoms. The third kappa shape index (κ3) is 4.52. The molecule has 0 bridgehead atoms. The first-order chi connectivity index (χ1) is 9.65. The number of nitrogens with one attached hydrogen (secondary N) is 3. The van der Waals surface area contributed by atoms with Gasteiger partial charge in [-0.3, -0.25) is 5.10 Å². The van der Waals surface area contributed by atoms with Crippen LogP contribution in [-0.4, -0.2) is 30.2 Å². The van der Waals surface area contributed by atoms with Gasteiger partial charge in [0.05, 0.1) is 11.4 Å². The average Bonchev–Trinajstić information content (AvgIpc) is 2.77. The van der Waals surface area contributed by atoms with Crippen molar-refractivity contribution in [2.45, 2.75) is 77.4 Å².